The van der Waals surface area contributed by atoms with Crippen LogP contribution in [0.3, 0.4) is 0 Å². The summed E-state index contributed by atoms with van der Waals surface area (Å²) in [5.74, 6) is 0.855. The predicted molar refractivity (Wildman–Crippen MR) is 168 cm³/mol. The second-order valence-corrected chi connectivity index (χ2v) is 12.8. The molecule has 6 nitrogen and oxygen atoms in total. The average Bonchev–Trinajstić information content (AvgIpc) is 3.33. The molecule has 2 aromatic carbocycles. The van der Waals surface area contributed by atoms with Gasteiger partial charge in [0.15, 0.2) is 6.10 Å². The number of nitrogens with zero attached hydrogens (tertiary/aromatic N) is 2. The highest BCUT2D eigenvalue weighted by Gasteiger charge is 2.33. The molecule has 0 bridgehead atoms. The summed E-state index contributed by atoms with van der Waals surface area (Å²) >= 11 is 0. The van der Waals surface area contributed by atoms with E-state index in [9.17, 15) is 14.3 Å². The smallest absolute Gasteiger partial charge is 0.332 e. The lowest BCUT2D eigenvalue weighted by atomic mass is 9.70. The van der Waals surface area contributed by atoms with Gasteiger partial charge < -0.3 is 19.7 Å². The number of rotatable bonds is 16. The van der Waals surface area contributed by atoms with E-state index in [0.29, 0.717) is 25.5 Å². The molecule has 1 aromatic heterocycles. The van der Waals surface area contributed by atoms with Crippen LogP contribution in [0.25, 0.3) is 11.0 Å². The van der Waals surface area contributed by atoms with Crippen molar-refractivity contribution in [2.24, 2.45) is 11.8 Å². The topological polar surface area (TPSA) is 78.5 Å². The zero-order chi connectivity index (χ0) is 30.2. The Kier molecular flexibility index (Phi) is 11.6. The number of H-pyrrole nitrogens is 1. The van der Waals surface area contributed by atoms with Crippen LogP contribution >= 0.6 is 0 Å². The normalized spacial score (nSPS) is 17.7. The third kappa shape index (κ3) is 8.63. The Balaban J connectivity index is 1.12. The number of ether oxygens (including phenoxy) is 1. The number of carboxylic acids is 1. The third-order valence-electron chi connectivity index (χ3n) is 9.13. The minimum Gasteiger partial charge on any atom is -0.479 e. The number of carbonyl (C=O) groups is 1. The Labute approximate surface area is 251 Å². The van der Waals surface area contributed by atoms with E-state index in [0.717, 1.165) is 61.1 Å². The van der Waals surface area contributed by atoms with Gasteiger partial charge in [0.05, 0.1) is 17.6 Å². The van der Waals surface area contributed by atoms with Crippen LogP contribution in [-0.4, -0.2) is 58.8 Å². The van der Waals surface area contributed by atoms with E-state index in [1.807, 2.05) is 6.07 Å². The predicted octanol–water partition coefficient (Wildman–Crippen LogP) is 7.61. The molecule has 1 aliphatic rings. The number of aliphatic carboxylic acids is 1. The van der Waals surface area contributed by atoms with Gasteiger partial charge in [-0.1, -0.05) is 39.2 Å². The zero-order valence-electron chi connectivity index (χ0n) is 26.2. The van der Waals surface area contributed by atoms with Crippen molar-refractivity contribution >= 4 is 17.0 Å². The van der Waals surface area contributed by atoms with E-state index < -0.39 is 12.1 Å². The number of fused-ring (bicyclic) bond motifs is 2. The molecule has 7 heteroatoms. The van der Waals surface area contributed by atoms with Crippen molar-refractivity contribution in [3.63, 3.8) is 0 Å². The maximum absolute atomic E-state index is 13.8. The number of aromatic nitrogens is 2. The van der Waals surface area contributed by atoms with Crippen LogP contribution < -0.4 is 0 Å². The highest BCUT2D eigenvalue weighted by molar-refractivity contribution is 5.77. The van der Waals surface area contributed by atoms with Crippen LogP contribution in [0.4, 0.5) is 4.39 Å². The van der Waals surface area contributed by atoms with Gasteiger partial charge in [-0.25, -0.2) is 14.2 Å². The van der Waals surface area contributed by atoms with Gasteiger partial charge >= 0.3 is 5.97 Å². The lowest BCUT2D eigenvalue weighted by Gasteiger charge is -2.36. The fourth-order valence-corrected chi connectivity index (χ4v) is 6.59. The Hall–Kier alpha value is -2.77. The Morgan fingerprint density at radius 3 is 2.60 bits per heavy atom. The van der Waals surface area contributed by atoms with Gasteiger partial charge in [-0.2, -0.15) is 0 Å². The molecule has 3 atom stereocenters. The second kappa shape index (κ2) is 15.1. The van der Waals surface area contributed by atoms with Gasteiger partial charge in [0.1, 0.15) is 11.6 Å². The largest absolute Gasteiger partial charge is 0.479 e. The molecule has 1 heterocycles. The summed E-state index contributed by atoms with van der Waals surface area (Å²) < 4.78 is 19.8. The SMILES string of the molecule is Cc1cc2nc(CCCCCCCN(C)CC[C@H](OCC3CCc4cc(F)ccc4[C@H]3C(C)C)C(=O)O)[nH]c2cc1C. The van der Waals surface area contributed by atoms with Crippen LogP contribution in [0.15, 0.2) is 30.3 Å². The first-order valence-corrected chi connectivity index (χ1v) is 15.9. The quantitative estimate of drug-likeness (QED) is 0.171. The minimum absolute atomic E-state index is 0.190. The number of benzene rings is 2. The fourth-order valence-electron chi connectivity index (χ4n) is 6.59. The van der Waals surface area contributed by atoms with Crippen molar-refractivity contribution < 1.29 is 19.0 Å². The molecular weight excluding hydrogens is 529 g/mol. The number of unbranched alkanes of at least 4 members (excludes halogenated alkanes) is 4. The average molecular weight is 580 g/mol. The fraction of sp³-hybridized carbons (Fsp3) is 0.600. The Morgan fingerprint density at radius 2 is 1.83 bits per heavy atom. The Bertz CT molecular complexity index is 1280. The highest BCUT2D eigenvalue weighted by Crippen LogP contribution is 2.41. The van der Waals surface area contributed by atoms with Crippen molar-refractivity contribution in [1.82, 2.24) is 14.9 Å². The van der Waals surface area contributed by atoms with Gasteiger partial charge in [0.25, 0.3) is 0 Å². The molecule has 0 amide bonds. The molecule has 4 rings (SSSR count). The molecule has 42 heavy (non-hydrogen) atoms. The van der Waals surface area contributed by atoms with Crippen LogP contribution in [0.1, 0.15) is 92.8 Å². The monoisotopic (exact) mass is 579 g/mol. The summed E-state index contributed by atoms with van der Waals surface area (Å²) in [6.45, 7) is 10.7. The summed E-state index contributed by atoms with van der Waals surface area (Å²) in [5.41, 5.74) is 7.03. The molecule has 3 aromatic rings. The summed E-state index contributed by atoms with van der Waals surface area (Å²) in [7, 11) is 2.07. The molecular formula is C35H50FN3O3. The van der Waals surface area contributed by atoms with Crippen molar-refractivity contribution in [2.45, 2.75) is 97.5 Å². The number of nitrogens with one attached hydrogen (secondary N) is 1. The van der Waals surface area contributed by atoms with Crippen LogP contribution in [0.5, 0.6) is 0 Å². The van der Waals surface area contributed by atoms with Gasteiger partial charge in [-0.15, -0.1) is 0 Å². The number of hydrogen-bond donors (Lipinski definition) is 2. The van der Waals surface area contributed by atoms with E-state index in [2.05, 4.69) is 56.8 Å². The third-order valence-corrected chi connectivity index (χ3v) is 9.13. The van der Waals surface area contributed by atoms with Gasteiger partial charge in [-0.3, -0.25) is 0 Å². The number of imidazole rings is 1. The zero-order valence-corrected chi connectivity index (χ0v) is 26.2. The van der Waals surface area contributed by atoms with Crippen LogP contribution in [0, 0.1) is 31.5 Å². The number of hydrogen-bond acceptors (Lipinski definition) is 4. The summed E-state index contributed by atoms with van der Waals surface area (Å²) in [6, 6.07) is 9.45. The molecule has 230 valence electrons. The molecule has 0 spiro atoms. The highest BCUT2D eigenvalue weighted by atomic mass is 19.1. The van der Waals surface area contributed by atoms with Crippen molar-refractivity contribution in [3.8, 4) is 0 Å². The molecule has 2 N–H and O–H groups in total. The van der Waals surface area contributed by atoms with Crippen LogP contribution in [0.2, 0.25) is 0 Å². The van der Waals surface area contributed by atoms with E-state index in [1.54, 1.807) is 6.07 Å². The number of carboxylic acid groups (broad SMARTS) is 1. The van der Waals surface area contributed by atoms with E-state index >= 15 is 0 Å². The molecule has 1 aliphatic carbocycles. The summed E-state index contributed by atoms with van der Waals surface area (Å²) in [4.78, 5) is 22.4. The van der Waals surface area contributed by atoms with Gasteiger partial charge in [0, 0.05) is 13.0 Å². The van der Waals surface area contributed by atoms with Crippen molar-refractivity contribution in [3.05, 3.63) is 64.2 Å². The lowest BCUT2D eigenvalue weighted by Crippen LogP contribution is -2.34. The van der Waals surface area contributed by atoms with Crippen molar-refractivity contribution in [2.75, 3.05) is 26.7 Å². The molecule has 0 fully saturated rings. The summed E-state index contributed by atoms with van der Waals surface area (Å²) in [6.07, 6.45) is 8.14. The maximum atomic E-state index is 13.8. The lowest BCUT2D eigenvalue weighted by molar-refractivity contribution is -0.152. The van der Waals surface area contributed by atoms with Crippen LogP contribution in [-0.2, 0) is 22.4 Å². The molecule has 0 saturated carbocycles. The number of halogens is 1. The first kappa shape index (κ1) is 32.2. The first-order chi connectivity index (χ1) is 20.1. The number of aryl methyl sites for hydroxylation is 4. The van der Waals surface area contributed by atoms with Gasteiger partial charge in [-0.05, 0) is 124 Å². The van der Waals surface area contributed by atoms with E-state index in [1.165, 1.54) is 42.0 Å². The number of aromatic amines is 1. The molecule has 0 radical (unpaired) electrons. The van der Waals surface area contributed by atoms with Gasteiger partial charge in [0.2, 0.25) is 0 Å². The first-order valence-electron chi connectivity index (χ1n) is 15.9. The molecule has 1 unspecified atom stereocenters. The minimum atomic E-state index is -0.891. The van der Waals surface area contributed by atoms with E-state index in [-0.39, 0.29) is 17.7 Å². The maximum Gasteiger partial charge on any atom is 0.332 e. The van der Waals surface area contributed by atoms with E-state index in [4.69, 9.17) is 9.72 Å². The standard InChI is InChI=1S/C35H50FN3O3/c1-23(2)34-27(13-12-26-21-28(36)14-15-29(26)34)22-42-32(35(40)41)16-18-39(5)17-10-8-6-7-9-11-33-37-30-19-24(3)25(4)20-31(30)38-33/h14-15,19-21,23,27,32,34H,6-13,16-18,22H2,1-5H3,(H,37,38)(H,40,41)/t27?,32-,34-/m0/s1. The molecule has 0 aliphatic heterocycles. The second-order valence-electron chi connectivity index (χ2n) is 12.8. The Morgan fingerprint density at radius 1 is 1.10 bits per heavy atom. The summed E-state index contributed by atoms with van der Waals surface area (Å²) in [5, 5.41) is 9.83. The van der Waals surface area contributed by atoms with Crippen molar-refractivity contribution in [1.29, 1.82) is 0 Å². The molecule has 0 saturated heterocycles.